The fourth-order valence-corrected chi connectivity index (χ4v) is 3.83. The van der Waals surface area contributed by atoms with Crippen LogP contribution in [0.3, 0.4) is 0 Å². The molecule has 11 heteroatoms. The van der Waals surface area contributed by atoms with Gasteiger partial charge >= 0.3 is 17.2 Å². The van der Waals surface area contributed by atoms with Crippen LogP contribution in [0.15, 0.2) is 0 Å². The van der Waals surface area contributed by atoms with Crippen molar-refractivity contribution >= 4 is 22.1 Å². The van der Waals surface area contributed by atoms with Crippen molar-refractivity contribution in [1.82, 2.24) is 0 Å². The molecule has 25 heavy (non-hydrogen) atoms. The number of carbonyl (C=O) groups excluding carboxylic acids is 2. The van der Waals surface area contributed by atoms with E-state index in [1.54, 1.807) is 20.8 Å². The van der Waals surface area contributed by atoms with Gasteiger partial charge in [-0.15, -0.1) is 0 Å². The van der Waals surface area contributed by atoms with Gasteiger partial charge in [-0.1, -0.05) is 13.8 Å². The third-order valence-electron chi connectivity index (χ3n) is 5.72. The Morgan fingerprint density at radius 2 is 1.92 bits per heavy atom. The summed E-state index contributed by atoms with van der Waals surface area (Å²) >= 11 is 0. The van der Waals surface area contributed by atoms with Gasteiger partial charge in [0, 0.05) is 11.8 Å². The van der Waals surface area contributed by atoms with E-state index < -0.39 is 62.9 Å². The Morgan fingerprint density at radius 3 is 2.32 bits per heavy atom. The lowest BCUT2D eigenvalue weighted by Crippen LogP contribution is -2.49. The monoisotopic (exact) mass is 387 g/mol. The van der Waals surface area contributed by atoms with Gasteiger partial charge in [-0.2, -0.15) is 8.78 Å². The van der Waals surface area contributed by atoms with E-state index in [2.05, 4.69) is 0 Å². The lowest BCUT2D eigenvalue weighted by molar-refractivity contribution is -0.183. The van der Waals surface area contributed by atoms with E-state index in [1.807, 2.05) is 0 Å². The highest BCUT2D eigenvalue weighted by Gasteiger charge is 2.76. The number of rotatable bonds is 6. The maximum atomic E-state index is 13.4. The molecule has 0 spiro atoms. The van der Waals surface area contributed by atoms with Gasteiger partial charge < -0.3 is 14.0 Å². The van der Waals surface area contributed by atoms with Crippen LogP contribution in [0.2, 0.25) is 0 Å². The minimum Gasteiger partial charge on any atom is -0.743 e. The van der Waals surface area contributed by atoms with Crippen LogP contribution in [-0.2, 0) is 29.2 Å². The van der Waals surface area contributed by atoms with E-state index in [1.165, 1.54) is 0 Å². The first-order valence-corrected chi connectivity index (χ1v) is 8.92. The van der Waals surface area contributed by atoms with Gasteiger partial charge in [-0.3, -0.25) is 4.79 Å². The molecule has 0 aromatic heterocycles. The average Bonchev–Trinajstić information content (AvgIpc) is 2.76. The molecule has 1 saturated heterocycles. The second-order valence-electron chi connectivity index (χ2n) is 7.08. The average molecular weight is 387 g/mol. The van der Waals surface area contributed by atoms with E-state index in [0.29, 0.717) is 6.42 Å². The first kappa shape index (κ1) is 20.0. The van der Waals surface area contributed by atoms with Crippen molar-refractivity contribution in [2.24, 2.45) is 10.8 Å². The zero-order chi connectivity index (χ0) is 19.5. The Bertz CT molecular complexity index is 705. The number of carbonyl (C=O) groups is 2. The van der Waals surface area contributed by atoms with Crippen molar-refractivity contribution in [3.05, 3.63) is 0 Å². The Kier molecular flexibility index (Phi) is 4.44. The van der Waals surface area contributed by atoms with Crippen molar-refractivity contribution in [2.75, 3.05) is 6.61 Å². The quantitative estimate of drug-likeness (QED) is 0.502. The minimum absolute atomic E-state index is 0.172. The second kappa shape index (κ2) is 5.57. The van der Waals surface area contributed by atoms with Gasteiger partial charge in [-0.05, 0) is 19.8 Å². The molecule has 1 aliphatic heterocycles. The molecule has 2 rings (SSSR count). The van der Waals surface area contributed by atoms with E-state index in [4.69, 9.17) is 9.47 Å². The van der Waals surface area contributed by atoms with Gasteiger partial charge in [-0.25, -0.2) is 17.6 Å². The fourth-order valence-electron chi connectivity index (χ4n) is 3.40. The Labute approximate surface area is 142 Å². The summed E-state index contributed by atoms with van der Waals surface area (Å²) < 4.78 is 80.5. The summed E-state index contributed by atoms with van der Waals surface area (Å²) in [7, 11) is -6.18. The van der Waals surface area contributed by atoms with Crippen molar-refractivity contribution < 1.29 is 45.2 Å². The summed E-state index contributed by atoms with van der Waals surface area (Å²) in [6, 6.07) is 0. The van der Waals surface area contributed by atoms with Crippen molar-refractivity contribution in [3.8, 4) is 0 Å². The molecule has 2 fully saturated rings. The summed E-state index contributed by atoms with van der Waals surface area (Å²) in [5.74, 6) is -1.58. The molecule has 2 bridgehead atoms. The number of alkyl halides is 3. The molecule has 0 amide bonds. The van der Waals surface area contributed by atoms with Crippen molar-refractivity contribution in [2.45, 2.75) is 57.1 Å². The van der Waals surface area contributed by atoms with Crippen LogP contribution in [0.1, 0.15) is 40.0 Å². The molecule has 0 radical (unpaired) electrons. The Balaban J connectivity index is 2.04. The minimum atomic E-state index is -6.18. The Morgan fingerprint density at radius 1 is 1.36 bits per heavy atom. The largest absolute Gasteiger partial charge is 0.743 e. The molecule has 0 N–H and O–H groups in total. The SMILES string of the molecule is CC12CCC(C(=O)OCCC(F)C(F)(F)S(=O)(=O)[O-])(OC1=O)C2(C)C. The predicted molar refractivity (Wildman–Crippen MR) is 75.1 cm³/mol. The van der Waals surface area contributed by atoms with Crippen molar-refractivity contribution in [1.29, 1.82) is 0 Å². The number of fused-ring (bicyclic) bond motifs is 2. The maximum Gasteiger partial charge on any atom is 0.364 e. The van der Waals surface area contributed by atoms with Crippen LogP contribution < -0.4 is 0 Å². The topological polar surface area (TPSA) is 110 Å². The smallest absolute Gasteiger partial charge is 0.364 e. The maximum absolute atomic E-state index is 13.4. The molecule has 1 heterocycles. The van der Waals surface area contributed by atoms with Gasteiger partial charge in [0.2, 0.25) is 5.60 Å². The molecular formula is C14H18F3O7S-. The summed E-state index contributed by atoms with van der Waals surface area (Å²) in [6.07, 6.45) is -3.98. The second-order valence-corrected chi connectivity index (χ2v) is 8.53. The van der Waals surface area contributed by atoms with Crippen LogP contribution in [0.5, 0.6) is 0 Å². The lowest BCUT2D eigenvalue weighted by Gasteiger charge is -2.34. The highest BCUT2D eigenvalue weighted by Crippen LogP contribution is 2.65. The molecule has 144 valence electrons. The van der Waals surface area contributed by atoms with Gasteiger partial charge in [0.1, 0.15) is 0 Å². The first-order chi connectivity index (χ1) is 11.1. The first-order valence-electron chi connectivity index (χ1n) is 7.51. The predicted octanol–water partition coefficient (Wildman–Crippen LogP) is 1.52. The van der Waals surface area contributed by atoms with Gasteiger partial charge in [0.05, 0.1) is 12.0 Å². The molecule has 3 atom stereocenters. The zero-order valence-electron chi connectivity index (χ0n) is 13.8. The molecule has 2 aliphatic rings. The summed E-state index contributed by atoms with van der Waals surface area (Å²) in [6.45, 7) is 4.04. The molecule has 0 aromatic carbocycles. The molecule has 3 unspecified atom stereocenters. The van der Waals surface area contributed by atoms with E-state index in [9.17, 15) is 35.7 Å². The normalized spacial score (nSPS) is 32.4. The Hall–Kier alpha value is -1.36. The van der Waals surface area contributed by atoms with E-state index in [0.717, 1.165) is 0 Å². The third kappa shape index (κ3) is 2.54. The fraction of sp³-hybridized carbons (Fsp3) is 0.857. The van der Waals surface area contributed by atoms with Crippen LogP contribution in [-0.4, -0.2) is 48.5 Å². The number of hydrogen-bond acceptors (Lipinski definition) is 7. The number of esters is 2. The third-order valence-corrected chi connectivity index (χ3v) is 6.64. The summed E-state index contributed by atoms with van der Waals surface area (Å²) in [5.41, 5.74) is -3.43. The number of halogens is 3. The van der Waals surface area contributed by atoms with Crippen LogP contribution in [0.25, 0.3) is 0 Å². The molecule has 1 aliphatic carbocycles. The van der Waals surface area contributed by atoms with Crippen LogP contribution in [0.4, 0.5) is 13.2 Å². The van der Waals surface area contributed by atoms with Crippen molar-refractivity contribution in [3.63, 3.8) is 0 Å². The lowest BCUT2D eigenvalue weighted by atomic mass is 9.66. The molecule has 0 aromatic rings. The molecular weight excluding hydrogens is 369 g/mol. The van der Waals surface area contributed by atoms with E-state index in [-0.39, 0.29) is 6.42 Å². The number of hydrogen-bond donors (Lipinski definition) is 0. The van der Waals surface area contributed by atoms with Gasteiger partial charge in [0.25, 0.3) is 0 Å². The van der Waals surface area contributed by atoms with Crippen LogP contribution in [0, 0.1) is 10.8 Å². The van der Waals surface area contributed by atoms with Gasteiger partial charge in [0.15, 0.2) is 16.3 Å². The number of ether oxygens (including phenoxy) is 2. The summed E-state index contributed by atoms with van der Waals surface area (Å²) in [5, 5.41) is -5.12. The highest BCUT2D eigenvalue weighted by atomic mass is 32.2. The van der Waals surface area contributed by atoms with Crippen LogP contribution >= 0.6 is 0 Å². The highest BCUT2D eigenvalue weighted by molar-refractivity contribution is 7.86. The standard InChI is InChI=1S/C14H19F3O7S/c1-11(2)12(3)5-6-13(11,24-9(12)18)10(19)23-7-4-8(15)14(16,17)25(20,21)22/h8H,4-7H2,1-3H3,(H,20,21,22)/p-1. The molecule has 1 saturated carbocycles. The zero-order valence-corrected chi connectivity index (χ0v) is 14.6. The molecule has 7 nitrogen and oxygen atoms in total. The summed E-state index contributed by atoms with van der Waals surface area (Å²) in [4.78, 5) is 24.4. The van der Waals surface area contributed by atoms with E-state index >= 15 is 0 Å².